The third-order valence-corrected chi connectivity index (χ3v) is 5.27. The minimum atomic E-state index is -3.03. The van der Waals surface area contributed by atoms with E-state index in [1.54, 1.807) is 18.2 Å². The first-order valence-corrected chi connectivity index (χ1v) is 8.74. The summed E-state index contributed by atoms with van der Waals surface area (Å²) in [5.41, 5.74) is 1.82. The number of alkyl halides is 2. The van der Waals surface area contributed by atoms with E-state index < -0.39 is 11.5 Å². The first kappa shape index (κ1) is 17.0. The second-order valence-electron chi connectivity index (χ2n) is 7.11. The largest absolute Gasteiger partial charge is 0.445 e. The van der Waals surface area contributed by atoms with E-state index in [1.165, 1.54) is 19.9 Å². The van der Waals surface area contributed by atoms with Crippen molar-refractivity contribution in [3.63, 3.8) is 0 Å². The zero-order valence-corrected chi connectivity index (χ0v) is 15.5. The van der Waals surface area contributed by atoms with Crippen molar-refractivity contribution in [1.29, 1.82) is 0 Å². The van der Waals surface area contributed by atoms with Gasteiger partial charge in [-0.25, -0.2) is 0 Å². The molecule has 0 saturated carbocycles. The number of hydrogen-bond acceptors (Lipinski definition) is 3. The van der Waals surface area contributed by atoms with Crippen LogP contribution in [0, 0.1) is 11.6 Å². The van der Waals surface area contributed by atoms with E-state index in [0.29, 0.717) is 21.6 Å². The summed E-state index contributed by atoms with van der Waals surface area (Å²) >= 11 is 5.17. The van der Waals surface area contributed by atoms with Crippen LogP contribution in [0.3, 0.4) is 0 Å². The van der Waals surface area contributed by atoms with Crippen molar-refractivity contribution in [2.75, 3.05) is 0 Å². The van der Waals surface area contributed by atoms with Gasteiger partial charge in [-0.1, -0.05) is 24.3 Å². The summed E-state index contributed by atoms with van der Waals surface area (Å²) < 4.78 is 35.8. The van der Waals surface area contributed by atoms with Crippen molar-refractivity contribution in [3.05, 3.63) is 75.5 Å². The summed E-state index contributed by atoms with van der Waals surface area (Å²) in [5, 5.41) is 0.865. The molecule has 2 heterocycles. The van der Waals surface area contributed by atoms with E-state index in [4.69, 9.17) is 16.6 Å². The van der Waals surface area contributed by atoms with Gasteiger partial charge in [0.2, 0.25) is 0 Å². The molecule has 1 aliphatic heterocycles. The summed E-state index contributed by atoms with van der Waals surface area (Å²) in [5.74, 6) is -3.03. The van der Waals surface area contributed by atoms with E-state index in [0.717, 1.165) is 16.5 Å². The number of halogens is 2. The zero-order chi connectivity index (χ0) is 18.7. The molecular formula is C21H17F2NOS. The van der Waals surface area contributed by atoms with Crippen molar-refractivity contribution in [1.82, 2.24) is 0 Å². The first-order chi connectivity index (χ1) is 12.2. The minimum Gasteiger partial charge on any atom is -0.445 e. The number of aliphatic imine (C=N–C) groups is 1. The molecule has 2 nitrogen and oxygen atoms in total. The molecule has 5 heteroatoms. The first-order valence-electron chi connectivity index (χ1n) is 8.33. The summed E-state index contributed by atoms with van der Waals surface area (Å²) in [6.45, 7) is 4.81. The van der Waals surface area contributed by atoms with Gasteiger partial charge in [0.1, 0.15) is 11.1 Å². The molecule has 1 aromatic heterocycles. The highest BCUT2D eigenvalue weighted by atomic mass is 32.1. The molecule has 2 aromatic carbocycles. The van der Waals surface area contributed by atoms with Crippen LogP contribution in [0.4, 0.5) is 8.78 Å². The molecule has 4 rings (SSSR count). The lowest BCUT2D eigenvalue weighted by molar-refractivity contribution is -0.0681. The molecule has 0 fully saturated rings. The minimum absolute atomic E-state index is 0.0110. The monoisotopic (exact) mass is 369 g/mol. The molecule has 1 aliphatic rings. The van der Waals surface area contributed by atoms with Crippen molar-refractivity contribution < 1.29 is 13.2 Å². The Bertz CT molecular complexity index is 1130. The Hall–Kier alpha value is -2.40. The van der Waals surface area contributed by atoms with Crippen LogP contribution in [0.15, 0.2) is 57.9 Å². The summed E-state index contributed by atoms with van der Waals surface area (Å²) in [6, 6.07) is 14.1. The summed E-state index contributed by atoms with van der Waals surface area (Å²) in [6.07, 6.45) is 0. The zero-order valence-electron chi connectivity index (χ0n) is 14.6. The average molecular weight is 369 g/mol. The van der Waals surface area contributed by atoms with Crippen LogP contribution in [-0.4, -0.2) is 11.3 Å². The molecule has 0 saturated heterocycles. The molecule has 3 aromatic rings. The predicted octanol–water partition coefficient (Wildman–Crippen LogP) is 6.19. The molecule has 0 amide bonds. The molecule has 0 N–H and O–H groups in total. The highest BCUT2D eigenvalue weighted by Crippen LogP contribution is 2.46. The second-order valence-corrected chi connectivity index (χ2v) is 7.48. The van der Waals surface area contributed by atoms with Gasteiger partial charge in [0.05, 0.1) is 5.71 Å². The van der Waals surface area contributed by atoms with Crippen LogP contribution >= 0.6 is 12.2 Å². The maximum absolute atomic E-state index is 14.9. The Morgan fingerprint density at radius 1 is 1.04 bits per heavy atom. The molecular weight excluding hydrogens is 352 g/mol. The number of nitrogens with zero attached hydrogens (tertiary/aromatic N) is 1. The SMILES string of the molecule is Cc1cc2cc(C3=NC(C)(C)C(F)(F)c4ccccc43)ccc2oc1=S. The number of aryl methyl sites for hydroxylation is 1. The smallest absolute Gasteiger partial charge is 0.297 e. The van der Waals surface area contributed by atoms with Gasteiger partial charge in [-0.05, 0) is 57.3 Å². The summed E-state index contributed by atoms with van der Waals surface area (Å²) in [7, 11) is 0. The lowest BCUT2D eigenvalue weighted by atomic mass is 9.81. The molecule has 0 atom stereocenters. The van der Waals surface area contributed by atoms with Crippen LogP contribution < -0.4 is 0 Å². The molecule has 0 aliphatic carbocycles. The van der Waals surface area contributed by atoms with Gasteiger partial charge in [0.15, 0.2) is 4.71 Å². The fraction of sp³-hybridized carbons (Fsp3) is 0.238. The fourth-order valence-electron chi connectivity index (χ4n) is 3.30. The van der Waals surface area contributed by atoms with E-state index >= 15 is 0 Å². The highest BCUT2D eigenvalue weighted by molar-refractivity contribution is 7.71. The van der Waals surface area contributed by atoms with E-state index in [-0.39, 0.29) is 5.56 Å². The van der Waals surface area contributed by atoms with Gasteiger partial charge in [-0.3, -0.25) is 4.99 Å². The quantitative estimate of drug-likeness (QED) is 0.478. The predicted molar refractivity (Wildman–Crippen MR) is 102 cm³/mol. The summed E-state index contributed by atoms with van der Waals surface area (Å²) in [4.78, 5) is 4.44. The van der Waals surface area contributed by atoms with E-state index in [9.17, 15) is 8.78 Å². The maximum Gasteiger partial charge on any atom is 0.297 e. The third kappa shape index (κ3) is 2.42. The lowest BCUT2D eigenvalue weighted by Crippen LogP contribution is -2.44. The van der Waals surface area contributed by atoms with Crippen LogP contribution in [0.1, 0.15) is 36.1 Å². The Morgan fingerprint density at radius 3 is 2.54 bits per heavy atom. The molecule has 0 bridgehead atoms. The van der Waals surface area contributed by atoms with Crippen molar-refractivity contribution in [2.24, 2.45) is 4.99 Å². The topological polar surface area (TPSA) is 25.5 Å². The number of hydrogen-bond donors (Lipinski definition) is 0. The highest BCUT2D eigenvalue weighted by Gasteiger charge is 2.52. The maximum atomic E-state index is 14.9. The van der Waals surface area contributed by atoms with Crippen LogP contribution in [0.2, 0.25) is 0 Å². The van der Waals surface area contributed by atoms with Crippen molar-refractivity contribution >= 4 is 28.9 Å². The van der Waals surface area contributed by atoms with Crippen LogP contribution in [0.25, 0.3) is 11.0 Å². The van der Waals surface area contributed by atoms with Gasteiger partial charge in [0, 0.05) is 27.6 Å². The molecule has 132 valence electrons. The Morgan fingerprint density at radius 2 is 1.77 bits per heavy atom. The fourth-order valence-corrected chi connectivity index (χ4v) is 3.45. The Kier molecular flexibility index (Phi) is 3.63. The Labute approximate surface area is 155 Å². The molecule has 0 unspecified atom stereocenters. The van der Waals surface area contributed by atoms with E-state index in [2.05, 4.69) is 4.99 Å². The van der Waals surface area contributed by atoms with Crippen LogP contribution in [0.5, 0.6) is 0 Å². The van der Waals surface area contributed by atoms with Gasteiger partial charge in [-0.2, -0.15) is 8.78 Å². The molecule has 0 radical (unpaired) electrons. The van der Waals surface area contributed by atoms with Gasteiger partial charge >= 0.3 is 0 Å². The molecule has 26 heavy (non-hydrogen) atoms. The van der Waals surface area contributed by atoms with Gasteiger partial charge < -0.3 is 4.42 Å². The number of benzene rings is 2. The number of rotatable bonds is 1. The van der Waals surface area contributed by atoms with E-state index in [1.807, 2.05) is 31.2 Å². The van der Waals surface area contributed by atoms with Crippen molar-refractivity contribution in [3.8, 4) is 0 Å². The van der Waals surface area contributed by atoms with Crippen molar-refractivity contribution in [2.45, 2.75) is 32.2 Å². The Balaban J connectivity index is 1.98. The number of fused-ring (bicyclic) bond motifs is 2. The molecule has 0 spiro atoms. The van der Waals surface area contributed by atoms with Gasteiger partial charge in [0.25, 0.3) is 5.92 Å². The second kappa shape index (κ2) is 5.55. The van der Waals surface area contributed by atoms with Crippen LogP contribution in [-0.2, 0) is 5.92 Å². The standard InChI is InChI=1S/C21H17F2NOS/c1-12-10-14-11-13(8-9-17(14)25-19(12)26)18-15-6-4-5-7-16(15)21(22,23)20(2,3)24-18/h4-11H,1-3H3. The average Bonchev–Trinajstić information content (AvgIpc) is 2.59. The normalized spacial score (nSPS) is 17.7. The van der Waals surface area contributed by atoms with Gasteiger partial charge in [-0.15, -0.1) is 0 Å². The third-order valence-electron chi connectivity index (χ3n) is 4.86. The lowest BCUT2D eigenvalue weighted by Gasteiger charge is -2.37.